The zero-order chi connectivity index (χ0) is 17.7. The van der Waals surface area contributed by atoms with E-state index in [0.717, 1.165) is 5.56 Å². The lowest BCUT2D eigenvalue weighted by Gasteiger charge is -2.27. The van der Waals surface area contributed by atoms with Crippen molar-refractivity contribution in [2.75, 3.05) is 20.1 Å². The minimum atomic E-state index is -2.01. The minimum absolute atomic E-state index is 0.0250. The lowest BCUT2D eigenvalue weighted by Crippen LogP contribution is -2.45. The first kappa shape index (κ1) is 18.3. The van der Waals surface area contributed by atoms with E-state index in [1.807, 2.05) is 50.0 Å². The average Bonchev–Trinajstić information content (AvgIpc) is 2.43. The second-order valence-corrected chi connectivity index (χ2v) is 11.1. The molecule has 0 N–H and O–H groups in total. The van der Waals surface area contributed by atoms with Gasteiger partial charge in [0, 0.05) is 0 Å². The molecule has 0 aromatic heterocycles. The maximum Gasteiger partial charge on any atom is 0.672 e. The van der Waals surface area contributed by atoms with Crippen LogP contribution >= 0.6 is 0 Å². The summed E-state index contributed by atoms with van der Waals surface area (Å²) >= 11 is 0. The van der Waals surface area contributed by atoms with E-state index in [9.17, 15) is 9.59 Å². The molecule has 128 valence electrons. The molecule has 1 fully saturated rings. The van der Waals surface area contributed by atoms with Crippen LogP contribution in [-0.2, 0) is 23.3 Å². The first-order valence-electron chi connectivity index (χ1n) is 7.76. The number of rotatable bonds is 4. The van der Waals surface area contributed by atoms with Crippen LogP contribution in [0, 0.1) is 0 Å². The van der Waals surface area contributed by atoms with Crippen molar-refractivity contribution in [3.8, 4) is 0 Å². The lowest BCUT2D eigenvalue weighted by molar-refractivity contribution is -0.145. The predicted molar refractivity (Wildman–Crippen MR) is 94.3 cm³/mol. The molecule has 1 aromatic rings. The molecule has 0 saturated carbocycles. The van der Waals surface area contributed by atoms with Crippen molar-refractivity contribution in [3.05, 3.63) is 41.6 Å². The Morgan fingerprint density at radius 3 is 2.17 bits per heavy atom. The summed E-state index contributed by atoms with van der Waals surface area (Å²) in [5.41, 5.74) is 1.21. The molecule has 1 aliphatic rings. The van der Waals surface area contributed by atoms with Gasteiger partial charge in [0.1, 0.15) is 5.66 Å². The quantitative estimate of drug-likeness (QED) is 0.613. The van der Waals surface area contributed by atoms with Crippen molar-refractivity contribution in [2.45, 2.75) is 19.6 Å². The van der Waals surface area contributed by atoms with Crippen molar-refractivity contribution < 1.29 is 23.3 Å². The summed E-state index contributed by atoms with van der Waals surface area (Å²) in [7, 11) is -1.51. The highest BCUT2D eigenvalue weighted by atomic mass is 28.4. The molecule has 0 unspecified atom stereocenters. The van der Waals surface area contributed by atoms with E-state index in [2.05, 4.69) is 0 Å². The van der Waals surface area contributed by atoms with Gasteiger partial charge in [0.25, 0.3) is 0 Å². The summed E-state index contributed by atoms with van der Waals surface area (Å²) in [5.74, 6) is -0.929. The molecule has 0 amide bonds. The highest BCUT2D eigenvalue weighted by Crippen LogP contribution is 2.19. The maximum absolute atomic E-state index is 12.0. The summed E-state index contributed by atoms with van der Waals surface area (Å²) in [5, 5.41) is 0. The zero-order valence-electron chi connectivity index (χ0n) is 14.4. The topological polar surface area (TPSA) is 65.1 Å². The minimum Gasteiger partial charge on any atom is -0.548 e. The van der Waals surface area contributed by atoms with Gasteiger partial charge in [-0.25, -0.2) is 0 Å². The largest absolute Gasteiger partial charge is 0.672 e. The number of likely N-dealkylation sites (N-methyl/N-ethyl adjacent to an activating group) is 1. The van der Waals surface area contributed by atoms with Gasteiger partial charge < -0.3 is 13.7 Å². The lowest BCUT2D eigenvalue weighted by atomic mass is 9.84. The Kier molecular flexibility index (Phi) is 5.85. The van der Waals surface area contributed by atoms with E-state index in [1.54, 1.807) is 18.0 Å². The highest BCUT2D eigenvalue weighted by molar-refractivity contribution is 6.71. The van der Waals surface area contributed by atoms with Crippen LogP contribution in [0.1, 0.15) is 5.56 Å². The number of carbonyl (C=O) groups is 2. The zero-order valence-corrected chi connectivity index (χ0v) is 15.4. The van der Waals surface area contributed by atoms with E-state index >= 15 is 0 Å². The third kappa shape index (κ3) is 5.86. The number of carbonyl (C=O) groups excluding carboxylic acids is 2. The Hall–Kier alpha value is -2.06. The van der Waals surface area contributed by atoms with Crippen molar-refractivity contribution in [3.63, 3.8) is 0 Å². The molecular weight excluding hydrogens is 325 g/mol. The van der Waals surface area contributed by atoms with E-state index in [4.69, 9.17) is 13.7 Å². The molecule has 1 aromatic carbocycles. The summed E-state index contributed by atoms with van der Waals surface area (Å²) in [4.78, 5) is 25.5. The van der Waals surface area contributed by atoms with Crippen LogP contribution in [0.25, 0.3) is 6.08 Å². The third-order valence-corrected chi connectivity index (χ3v) is 3.89. The molecule has 8 heteroatoms. The van der Waals surface area contributed by atoms with Crippen molar-refractivity contribution in [1.29, 1.82) is 0 Å². The summed E-state index contributed by atoms with van der Waals surface area (Å²) in [6.07, 6.45) is 1.74. The monoisotopic (exact) mass is 347 g/mol. The maximum atomic E-state index is 12.0. The number of nitrogens with zero attached hydrogens (tertiary/aromatic N) is 1. The Morgan fingerprint density at radius 1 is 1.12 bits per heavy atom. The van der Waals surface area contributed by atoms with Crippen LogP contribution in [0.5, 0.6) is 0 Å². The number of hydrogen-bond acceptors (Lipinski definition) is 6. The second-order valence-electron chi connectivity index (χ2n) is 6.66. The van der Waals surface area contributed by atoms with Crippen molar-refractivity contribution in [1.82, 2.24) is 4.90 Å². The summed E-state index contributed by atoms with van der Waals surface area (Å²) in [6.45, 7) is 6.07. The van der Waals surface area contributed by atoms with Crippen LogP contribution in [0.3, 0.4) is 0 Å². The van der Waals surface area contributed by atoms with Crippen LogP contribution < -0.4 is 0 Å². The average molecular weight is 347 g/mol. The second kappa shape index (κ2) is 7.67. The van der Waals surface area contributed by atoms with E-state index in [0.29, 0.717) is 5.66 Å². The molecule has 1 heterocycles. The molecule has 6 nitrogen and oxygen atoms in total. The Morgan fingerprint density at radius 2 is 1.67 bits per heavy atom. The van der Waals surface area contributed by atoms with Crippen LogP contribution in [0.2, 0.25) is 19.6 Å². The Labute approximate surface area is 143 Å². The van der Waals surface area contributed by atoms with E-state index in [1.165, 1.54) is 0 Å². The standard InChI is InChI=1S/C16H22BNO5Si/c1-18-11-15(19)21-17(22-16(20)12-18)14(23-24(2,3)4)10-13-8-6-5-7-9-13/h5-10H,11-12H2,1-4H3/b14-10-. The van der Waals surface area contributed by atoms with Gasteiger partial charge in [-0.05, 0) is 38.3 Å². The Bertz CT molecular complexity index is 609. The van der Waals surface area contributed by atoms with Gasteiger partial charge in [0.15, 0.2) is 0 Å². The van der Waals surface area contributed by atoms with Crippen molar-refractivity contribution >= 4 is 33.5 Å². The SMILES string of the molecule is CN1CC(=O)OB(/C(=C/c2ccccc2)O[Si](C)(C)C)OC(=O)C1. The van der Waals surface area contributed by atoms with Crippen LogP contribution in [0.15, 0.2) is 36.0 Å². The molecule has 1 saturated heterocycles. The van der Waals surface area contributed by atoms with Gasteiger partial charge >= 0.3 is 19.1 Å². The van der Waals surface area contributed by atoms with Gasteiger partial charge in [0.05, 0.1) is 13.1 Å². The molecule has 0 radical (unpaired) electrons. The molecule has 1 aliphatic heterocycles. The van der Waals surface area contributed by atoms with Crippen LogP contribution in [0.4, 0.5) is 0 Å². The molecule has 24 heavy (non-hydrogen) atoms. The summed E-state index contributed by atoms with van der Waals surface area (Å²) < 4.78 is 16.7. The van der Waals surface area contributed by atoms with Gasteiger partial charge in [0.2, 0.25) is 8.32 Å². The third-order valence-electron chi connectivity index (χ3n) is 3.04. The fourth-order valence-electron chi connectivity index (χ4n) is 2.16. The van der Waals surface area contributed by atoms with E-state index < -0.39 is 27.4 Å². The van der Waals surface area contributed by atoms with Gasteiger partial charge in [-0.15, -0.1) is 0 Å². The number of hydrogen-bond donors (Lipinski definition) is 0. The first-order valence-corrected chi connectivity index (χ1v) is 11.2. The molecule has 0 aliphatic carbocycles. The van der Waals surface area contributed by atoms with Gasteiger partial charge in [-0.1, -0.05) is 30.3 Å². The molecule has 0 spiro atoms. The van der Waals surface area contributed by atoms with Gasteiger partial charge in [-0.2, -0.15) is 0 Å². The first-order chi connectivity index (χ1) is 11.2. The Balaban J connectivity index is 2.32. The molecule has 0 bridgehead atoms. The van der Waals surface area contributed by atoms with E-state index in [-0.39, 0.29) is 13.1 Å². The normalized spacial score (nSPS) is 17.7. The highest BCUT2D eigenvalue weighted by Gasteiger charge is 2.39. The molecular formula is C16H22BNO5Si. The fourth-order valence-corrected chi connectivity index (χ4v) is 3.03. The fraction of sp³-hybridized carbons (Fsp3) is 0.375. The number of benzene rings is 1. The predicted octanol–water partition coefficient (Wildman–Crippen LogP) is 1.94. The van der Waals surface area contributed by atoms with Gasteiger partial charge in [-0.3, -0.25) is 14.5 Å². The van der Waals surface area contributed by atoms with Crippen molar-refractivity contribution in [2.24, 2.45) is 0 Å². The smallest absolute Gasteiger partial charge is 0.548 e. The molecule has 2 rings (SSSR count). The molecule has 0 atom stereocenters. The van der Waals surface area contributed by atoms with Crippen LogP contribution in [-0.4, -0.2) is 52.4 Å². The summed E-state index contributed by atoms with van der Waals surface area (Å²) in [6, 6.07) is 9.48.